The minimum absolute atomic E-state index is 0.0129. The molecule has 0 saturated carbocycles. The number of hydrogen-bond acceptors (Lipinski definition) is 4. The maximum Gasteiger partial charge on any atom is 0.243 e. The molecule has 3 aliphatic rings. The highest BCUT2D eigenvalue weighted by Crippen LogP contribution is 2.19. The molecular weight excluding hydrogens is 296 g/mol. The van der Waals surface area contributed by atoms with Gasteiger partial charge in [0.05, 0.1) is 0 Å². The number of likely N-dealkylation sites (tertiary alicyclic amines) is 1. The fourth-order valence-electron chi connectivity index (χ4n) is 3.18. The van der Waals surface area contributed by atoms with Gasteiger partial charge in [0.15, 0.2) is 0 Å². The van der Waals surface area contributed by atoms with Crippen LogP contribution in [0.3, 0.4) is 0 Å². The number of rotatable bonds is 4. The number of amidine groups is 1. The fraction of sp³-hybridized carbons (Fsp3) is 0.625. The van der Waals surface area contributed by atoms with Crippen LogP contribution in [0.5, 0.6) is 0 Å². The second-order valence-corrected chi connectivity index (χ2v) is 6.36. The summed E-state index contributed by atoms with van der Waals surface area (Å²) in [4.78, 5) is 25.1. The molecule has 0 spiro atoms. The summed E-state index contributed by atoms with van der Waals surface area (Å²) in [5, 5.41) is 0.361. The molecule has 1 fully saturated rings. The summed E-state index contributed by atoms with van der Waals surface area (Å²) >= 11 is 5.27. The molecule has 1 saturated heterocycles. The molecule has 22 heavy (non-hydrogen) atoms. The zero-order valence-electron chi connectivity index (χ0n) is 12.8. The van der Waals surface area contributed by atoms with E-state index in [-0.39, 0.29) is 11.8 Å². The Hall–Kier alpha value is -1.40. The van der Waals surface area contributed by atoms with Crippen LogP contribution in [0.4, 0.5) is 0 Å². The molecule has 3 rings (SSSR count). The van der Waals surface area contributed by atoms with Gasteiger partial charge in [-0.05, 0) is 57.2 Å². The first-order valence-corrected chi connectivity index (χ1v) is 8.53. The number of thiocarbonyl (C=S) groups is 1. The van der Waals surface area contributed by atoms with Crippen molar-refractivity contribution in [2.24, 2.45) is 15.9 Å². The van der Waals surface area contributed by atoms with Gasteiger partial charge in [-0.15, -0.1) is 0 Å². The normalized spacial score (nSPS) is 25.9. The highest BCUT2D eigenvalue weighted by Gasteiger charge is 2.34. The van der Waals surface area contributed by atoms with E-state index >= 15 is 0 Å². The van der Waals surface area contributed by atoms with E-state index in [0.29, 0.717) is 17.5 Å². The van der Waals surface area contributed by atoms with Gasteiger partial charge in [-0.2, -0.15) is 0 Å². The summed E-state index contributed by atoms with van der Waals surface area (Å²) in [7, 11) is 0. The average Bonchev–Trinajstić information content (AvgIpc) is 2.79. The summed E-state index contributed by atoms with van der Waals surface area (Å²) in [6, 6.07) is 0. The quantitative estimate of drug-likeness (QED) is 0.745. The molecule has 0 radical (unpaired) electrons. The molecule has 5 nitrogen and oxygen atoms in total. The molecule has 3 heterocycles. The second-order valence-electron chi connectivity index (χ2n) is 5.99. The van der Waals surface area contributed by atoms with Crippen molar-refractivity contribution >= 4 is 35.3 Å². The number of carbonyl (C=O) groups is 1. The van der Waals surface area contributed by atoms with Crippen molar-refractivity contribution in [3.05, 3.63) is 12.2 Å². The Kier molecular flexibility index (Phi) is 5.10. The van der Waals surface area contributed by atoms with E-state index in [0.717, 1.165) is 13.0 Å². The van der Waals surface area contributed by atoms with Crippen molar-refractivity contribution in [2.45, 2.75) is 32.1 Å². The van der Waals surface area contributed by atoms with Crippen LogP contribution in [0.1, 0.15) is 32.1 Å². The van der Waals surface area contributed by atoms with Crippen molar-refractivity contribution in [1.29, 1.82) is 0 Å². The SMILES string of the molecule is O=C1C2C=CC=NC2=NC(=S)N1CCCN1CCCCCC1. The van der Waals surface area contributed by atoms with Gasteiger partial charge in [-0.25, -0.2) is 9.98 Å². The second kappa shape index (κ2) is 7.24. The molecule has 0 N–H and O–H groups in total. The topological polar surface area (TPSA) is 48.3 Å². The van der Waals surface area contributed by atoms with Crippen molar-refractivity contribution in [3.63, 3.8) is 0 Å². The molecule has 1 amide bonds. The van der Waals surface area contributed by atoms with Gasteiger partial charge in [-0.1, -0.05) is 18.9 Å². The number of nitrogens with zero attached hydrogens (tertiary/aromatic N) is 4. The Labute approximate surface area is 136 Å². The highest BCUT2D eigenvalue weighted by atomic mass is 32.1. The third-order valence-electron chi connectivity index (χ3n) is 4.40. The average molecular weight is 318 g/mol. The number of hydrogen-bond donors (Lipinski definition) is 0. The fourth-order valence-corrected chi connectivity index (χ4v) is 3.45. The van der Waals surface area contributed by atoms with Crippen LogP contribution in [0.25, 0.3) is 0 Å². The maximum atomic E-state index is 12.5. The van der Waals surface area contributed by atoms with Crippen molar-refractivity contribution < 1.29 is 4.79 Å². The first-order valence-electron chi connectivity index (χ1n) is 8.13. The monoisotopic (exact) mass is 318 g/mol. The van der Waals surface area contributed by atoms with Gasteiger partial charge in [0.2, 0.25) is 11.0 Å². The highest BCUT2D eigenvalue weighted by molar-refractivity contribution is 7.80. The first-order chi connectivity index (χ1) is 10.8. The van der Waals surface area contributed by atoms with Crippen LogP contribution < -0.4 is 0 Å². The molecule has 118 valence electrons. The third-order valence-corrected chi connectivity index (χ3v) is 4.71. The van der Waals surface area contributed by atoms with Crippen LogP contribution >= 0.6 is 12.2 Å². The lowest BCUT2D eigenvalue weighted by Crippen LogP contribution is -2.47. The lowest BCUT2D eigenvalue weighted by molar-refractivity contribution is -0.128. The summed E-state index contributed by atoms with van der Waals surface area (Å²) < 4.78 is 0. The molecule has 6 heteroatoms. The summed E-state index contributed by atoms with van der Waals surface area (Å²) in [6.45, 7) is 4.04. The maximum absolute atomic E-state index is 12.5. The number of carbonyl (C=O) groups excluding carboxylic acids is 1. The number of aliphatic imine (C=N–C) groups is 2. The van der Waals surface area contributed by atoms with Crippen molar-refractivity contribution in [2.75, 3.05) is 26.2 Å². The minimum Gasteiger partial charge on any atom is -0.303 e. The van der Waals surface area contributed by atoms with E-state index in [4.69, 9.17) is 12.2 Å². The zero-order chi connectivity index (χ0) is 15.4. The molecule has 0 aromatic rings. The van der Waals surface area contributed by atoms with Crippen LogP contribution in [-0.4, -0.2) is 59.0 Å². The summed E-state index contributed by atoms with van der Waals surface area (Å²) in [6.07, 6.45) is 11.5. The Balaban J connectivity index is 1.55. The van der Waals surface area contributed by atoms with Crippen LogP contribution in [-0.2, 0) is 4.79 Å². The summed E-state index contributed by atoms with van der Waals surface area (Å²) in [5.74, 6) is 0.190. The Morgan fingerprint density at radius 3 is 2.73 bits per heavy atom. The van der Waals surface area contributed by atoms with Gasteiger partial charge in [-0.3, -0.25) is 9.69 Å². The van der Waals surface area contributed by atoms with Gasteiger partial charge >= 0.3 is 0 Å². The van der Waals surface area contributed by atoms with Gasteiger partial charge in [0.25, 0.3) is 0 Å². The van der Waals surface area contributed by atoms with Crippen LogP contribution in [0, 0.1) is 5.92 Å². The number of allylic oxidation sites excluding steroid dienone is 1. The van der Waals surface area contributed by atoms with E-state index in [9.17, 15) is 4.79 Å². The zero-order valence-corrected chi connectivity index (χ0v) is 13.6. The van der Waals surface area contributed by atoms with E-state index in [2.05, 4.69) is 14.9 Å². The van der Waals surface area contributed by atoms with E-state index < -0.39 is 0 Å². The predicted octanol–water partition coefficient (Wildman–Crippen LogP) is 2.03. The van der Waals surface area contributed by atoms with Gasteiger partial charge in [0.1, 0.15) is 11.8 Å². The number of fused-ring (bicyclic) bond motifs is 1. The molecule has 1 atom stereocenters. The van der Waals surface area contributed by atoms with Crippen LogP contribution in [0.15, 0.2) is 22.1 Å². The molecule has 1 unspecified atom stereocenters. The Bertz CT molecular complexity index is 532. The first kappa shape index (κ1) is 15.5. The minimum atomic E-state index is -0.352. The third kappa shape index (κ3) is 3.50. The molecule has 0 aromatic carbocycles. The number of amides is 1. The van der Waals surface area contributed by atoms with E-state index in [1.54, 1.807) is 17.2 Å². The van der Waals surface area contributed by atoms with E-state index in [1.807, 2.05) is 6.08 Å². The standard InChI is InChI=1S/C16H22N4OS/c21-15-13-7-5-8-17-14(13)18-16(22)20(15)12-6-11-19-9-3-1-2-4-10-19/h5,7-8,13H,1-4,6,9-12H2. The predicted molar refractivity (Wildman–Crippen MR) is 92.4 cm³/mol. The molecule has 0 aromatic heterocycles. The van der Waals surface area contributed by atoms with E-state index in [1.165, 1.54) is 38.8 Å². The Morgan fingerprint density at radius 2 is 1.95 bits per heavy atom. The molecular formula is C16H22N4OS. The molecule has 0 aliphatic carbocycles. The lowest BCUT2D eigenvalue weighted by atomic mass is 10.0. The largest absolute Gasteiger partial charge is 0.303 e. The van der Waals surface area contributed by atoms with Crippen molar-refractivity contribution in [3.8, 4) is 0 Å². The Morgan fingerprint density at radius 1 is 1.18 bits per heavy atom. The smallest absolute Gasteiger partial charge is 0.243 e. The summed E-state index contributed by atoms with van der Waals surface area (Å²) in [5.41, 5.74) is 0. The van der Waals surface area contributed by atoms with Gasteiger partial charge < -0.3 is 4.90 Å². The number of dihydropyridines is 1. The lowest BCUT2D eigenvalue weighted by Gasteiger charge is -2.30. The molecule has 0 bridgehead atoms. The van der Waals surface area contributed by atoms with Crippen molar-refractivity contribution in [1.82, 2.24) is 9.80 Å². The van der Waals surface area contributed by atoms with Gasteiger partial charge in [0, 0.05) is 12.8 Å². The molecule has 3 aliphatic heterocycles. The van der Waals surface area contributed by atoms with Crippen LogP contribution in [0.2, 0.25) is 0 Å².